The molecule has 2 aromatic rings. The lowest BCUT2D eigenvalue weighted by atomic mass is 9.96. The minimum Gasteiger partial charge on any atom is -0.386 e. The van der Waals surface area contributed by atoms with E-state index in [0.717, 1.165) is 11.3 Å². The highest BCUT2D eigenvalue weighted by Crippen LogP contribution is 2.21. The van der Waals surface area contributed by atoms with Gasteiger partial charge in [0.15, 0.2) is 5.78 Å². The van der Waals surface area contributed by atoms with E-state index < -0.39 is 12.1 Å². The molecule has 122 valence electrons. The van der Waals surface area contributed by atoms with Crippen molar-refractivity contribution in [3.63, 3.8) is 0 Å². The number of anilines is 1. The first-order valence-corrected chi connectivity index (χ1v) is 7.76. The number of rotatable bonds is 6. The topological polar surface area (TPSA) is 66.6 Å². The number of aliphatic hydroxyl groups is 1. The molecule has 2 rings (SSSR count). The van der Waals surface area contributed by atoms with E-state index in [-0.39, 0.29) is 12.3 Å². The molecule has 0 saturated carbocycles. The van der Waals surface area contributed by atoms with Crippen LogP contribution in [-0.4, -0.2) is 30.5 Å². The van der Waals surface area contributed by atoms with E-state index in [1.54, 1.807) is 30.1 Å². The zero-order chi connectivity index (χ0) is 17.0. The molecular formula is C18H21ClN2O2. The lowest BCUT2D eigenvalue weighted by molar-refractivity contribution is -0.121. The highest BCUT2D eigenvalue weighted by atomic mass is 35.5. The van der Waals surface area contributed by atoms with Crippen LogP contribution >= 0.6 is 11.6 Å². The normalized spacial score (nSPS) is 13.4. The average Bonchev–Trinajstić information content (AvgIpc) is 2.54. The summed E-state index contributed by atoms with van der Waals surface area (Å²) in [5.74, 6) is -0.224. The monoisotopic (exact) mass is 332 g/mol. The highest BCUT2D eigenvalue weighted by Gasteiger charge is 2.25. The second-order valence-electron chi connectivity index (χ2n) is 5.63. The fraction of sp³-hybridized carbons (Fsp3) is 0.278. The van der Waals surface area contributed by atoms with Gasteiger partial charge in [0, 0.05) is 17.8 Å². The van der Waals surface area contributed by atoms with Gasteiger partial charge in [0.25, 0.3) is 0 Å². The zero-order valence-electron chi connectivity index (χ0n) is 13.2. The van der Waals surface area contributed by atoms with E-state index in [1.165, 1.54) is 0 Å². The number of benzene rings is 2. The molecule has 2 aromatic carbocycles. The zero-order valence-corrected chi connectivity index (χ0v) is 14.0. The Morgan fingerprint density at radius 3 is 2.43 bits per heavy atom. The second-order valence-corrected chi connectivity index (χ2v) is 6.06. The number of carbonyl (C=O) groups excluding carboxylic acids is 1. The number of ketones is 1. The van der Waals surface area contributed by atoms with E-state index in [1.807, 2.05) is 37.3 Å². The number of hydrogen-bond acceptors (Lipinski definition) is 4. The number of carbonyl (C=O) groups is 1. The van der Waals surface area contributed by atoms with Crippen LogP contribution in [0.3, 0.4) is 0 Å². The number of aryl methyl sites for hydroxylation is 1. The van der Waals surface area contributed by atoms with Crippen molar-refractivity contribution in [3.8, 4) is 0 Å². The molecule has 0 aliphatic heterocycles. The molecule has 2 unspecified atom stereocenters. The number of halogens is 1. The van der Waals surface area contributed by atoms with Crippen LogP contribution in [0.4, 0.5) is 5.69 Å². The molecule has 0 amide bonds. The molecule has 0 aliphatic rings. The van der Waals surface area contributed by atoms with Crippen LogP contribution in [0.25, 0.3) is 0 Å². The summed E-state index contributed by atoms with van der Waals surface area (Å²) >= 11 is 5.86. The first kappa shape index (κ1) is 17.5. The Labute approximate surface area is 141 Å². The maximum absolute atomic E-state index is 12.4. The number of likely N-dealkylation sites (N-methyl/N-ethyl adjacent to an activating group) is 1. The number of aliphatic hydroxyl groups excluding tert-OH is 1. The van der Waals surface area contributed by atoms with Crippen LogP contribution in [0.15, 0.2) is 48.5 Å². The first-order chi connectivity index (χ1) is 10.9. The lowest BCUT2D eigenvalue weighted by Gasteiger charge is -2.24. The van der Waals surface area contributed by atoms with Crippen LogP contribution < -0.4 is 10.6 Å². The molecule has 0 spiro atoms. The van der Waals surface area contributed by atoms with Gasteiger partial charge >= 0.3 is 0 Å². The Morgan fingerprint density at radius 2 is 1.83 bits per heavy atom. The third kappa shape index (κ3) is 4.32. The molecule has 2 atom stereocenters. The smallest absolute Gasteiger partial charge is 0.171 e. The van der Waals surface area contributed by atoms with Crippen LogP contribution in [-0.2, 0) is 4.79 Å². The summed E-state index contributed by atoms with van der Waals surface area (Å²) < 4.78 is 0. The highest BCUT2D eigenvalue weighted by molar-refractivity contribution is 6.30. The lowest BCUT2D eigenvalue weighted by Crippen LogP contribution is -2.42. The van der Waals surface area contributed by atoms with Crippen LogP contribution in [0, 0.1) is 6.92 Å². The maximum atomic E-state index is 12.4. The van der Waals surface area contributed by atoms with Gasteiger partial charge < -0.3 is 15.7 Å². The van der Waals surface area contributed by atoms with E-state index in [4.69, 9.17) is 17.3 Å². The minimum atomic E-state index is -1.01. The van der Waals surface area contributed by atoms with Gasteiger partial charge in [-0.3, -0.25) is 4.79 Å². The quantitative estimate of drug-likeness (QED) is 0.853. The van der Waals surface area contributed by atoms with Gasteiger partial charge in [0.05, 0.1) is 12.6 Å². The second kappa shape index (κ2) is 7.59. The van der Waals surface area contributed by atoms with Crippen molar-refractivity contribution in [1.29, 1.82) is 0 Å². The van der Waals surface area contributed by atoms with Gasteiger partial charge in [-0.05, 0) is 42.3 Å². The largest absolute Gasteiger partial charge is 0.386 e. The van der Waals surface area contributed by atoms with Crippen molar-refractivity contribution in [2.45, 2.75) is 19.1 Å². The summed E-state index contributed by atoms with van der Waals surface area (Å²) in [7, 11) is 1.80. The molecule has 0 aromatic heterocycles. The molecule has 0 aliphatic carbocycles. The molecule has 3 N–H and O–H groups in total. The molecular weight excluding hydrogens is 312 g/mol. The Kier molecular flexibility index (Phi) is 5.77. The Morgan fingerprint density at radius 1 is 1.22 bits per heavy atom. The maximum Gasteiger partial charge on any atom is 0.171 e. The summed E-state index contributed by atoms with van der Waals surface area (Å²) in [6.45, 7) is 2.00. The fourth-order valence-electron chi connectivity index (χ4n) is 2.41. The number of Topliss-reactive ketones (excluding diaryl/α,β-unsaturated/α-hetero) is 1. The Bertz CT molecular complexity index is 673. The fourth-order valence-corrected chi connectivity index (χ4v) is 2.54. The van der Waals surface area contributed by atoms with Gasteiger partial charge in [-0.15, -0.1) is 0 Å². The standard InChI is InChI=1S/C18H21ClN2O2/c1-12-5-3-4-6-15(12)18(23)17(20)16(22)11-21(2)14-9-7-13(19)8-10-14/h3-10,17-18,23H,11,20H2,1-2H3. The van der Waals surface area contributed by atoms with Crippen LogP contribution in [0.1, 0.15) is 17.2 Å². The number of nitrogens with zero attached hydrogens (tertiary/aromatic N) is 1. The van der Waals surface area contributed by atoms with Gasteiger partial charge in [-0.25, -0.2) is 0 Å². The third-order valence-electron chi connectivity index (χ3n) is 3.88. The summed E-state index contributed by atoms with van der Waals surface area (Å²) in [5, 5.41) is 11.0. The molecule has 0 heterocycles. The summed E-state index contributed by atoms with van der Waals surface area (Å²) in [6.07, 6.45) is -1.01. The van der Waals surface area contributed by atoms with E-state index in [0.29, 0.717) is 10.6 Å². The predicted octanol–water partition coefficient (Wildman–Crippen LogP) is 2.71. The van der Waals surface area contributed by atoms with Crippen molar-refractivity contribution in [3.05, 3.63) is 64.7 Å². The minimum absolute atomic E-state index is 0.117. The number of hydrogen-bond donors (Lipinski definition) is 2. The molecule has 0 saturated heterocycles. The van der Waals surface area contributed by atoms with E-state index >= 15 is 0 Å². The van der Waals surface area contributed by atoms with Gasteiger partial charge in [-0.1, -0.05) is 35.9 Å². The summed E-state index contributed by atoms with van der Waals surface area (Å²) in [6, 6.07) is 13.6. The van der Waals surface area contributed by atoms with Gasteiger partial charge in [0.1, 0.15) is 6.10 Å². The van der Waals surface area contributed by atoms with Crippen molar-refractivity contribution in [1.82, 2.24) is 0 Å². The van der Waals surface area contributed by atoms with E-state index in [2.05, 4.69) is 0 Å². The first-order valence-electron chi connectivity index (χ1n) is 7.38. The molecule has 0 fully saturated rings. The Balaban J connectivity index is 2.04. The molecule has 4 nitrogen and oxygen atoms in total. The SMILES string of the molecule is Cc1ccccc1C(O)C(N)C(=O)CN(C)c1ccc(Cl)cc1. The van der Waals surface area contributed by atoms with Crippen LogP contribution in [0.2, 0.25) is 5.02 Å². The van der Waals surface area contributed by atoms with Crippen molar-refractivity contribution >= 4 is 23.1 Å². The molecule has 0 radical (unpaired) electrons. The van der Waals surface area contributed by atoms with Crippen LogP contribution in [0.5, 0.6) is 0 Å². The third-order valence-corrected chi connectivity index (χ3v) is 4.13. The van der Waals surface area contributed by atoms with Crippen molar-refractivity contribution in [2.24, 2.45) is 5.73 Å². The van der Waals surface area contributed by atoms with Gasteiger partial charge in [-0.2, -0.15) is 0 Å². The molecule has 23 heavy (non-hydrogen) atoms. The summed E-state index contributed by atoms with van der Waals surface area (Å²) in [4.78, 5) is 14.1. The average molecular weight is 333 g/mol. The molecule has 5 heteroatoms. The predicted molar refractivity (Wildman–Crippen MR) is 93.8 cm³/mol. The summed E-state index contributed by atoms with van der Waals surface area (Å²) in [5.41, 5.74) is 8.42. The molecule has 0 bridgehead atoms. The number of nitrogens with two attached hydrogens (primary N) is 1. The Hall–Kier alpha value is -1.88. The van der Waals surface area contributed by atoms with Crippen molar-refractivity contribution < 1.29 is 9.90 Å². The van der Waals surface area contributed by atoms with Gasteiger partial charge in [0.2, 0.25) is 0 Å². The van der Waals surface area contributed by atoms with Crippen molar-refractivity contribution in [2.75, 3.05) is 18.5 Å². The van der Waals surface area contributed by atoms with E-state index in [9.17, 15) is 9.90 Å².